The lowest BCUT2D eigenvalue weighted by atomic mass is 10.0. The summed E-state index contributed by atoms with van der Waals surface area (Å²) in [6.07, 6.45) is 1.69. The molecule has 0 aliphatic carbocycles. The van der Waals surface area contributed by atoms with Crippen molar-refractivity contribution < 1.29 is 13.2 Å². The zero-order valence-electron chi connectivity index (χ0n) is 10.7. The first-order chi connectivity index (χ1) is 9.63. The summed E-state index contributed by atoms with van der Waals surface area (Å²) < 4.78 is 39.7. The van der Waals surface area contributed by atoms with Gasteiger partial charge in [0, 0.05) is 24.8 Å². The highest BCUT2D eigenvalue weighted by Crippen LogP contribution is 2.25. The van der Waals surface area contributed by atoms with Gasteiger partial charge in [-0.05, 0) is 30.7 Å². The lowest BCUT2D eigenvalue weighted by Crippen LogP contribution is -2.50. The summed E-state index contributed by atoms with van der Waals surface area (Å²) in [4.78, 5) is 1.75. The average molecular weight is 281 g/mol. The van der Waals surface area contributed by atoms with Crippen molar-refractivity contribution in [3.8, 4) is 5.69 Å². The summed E-state index contributed by atoms with van der Waals surface area (Å²) >= 11 is 0. The summed E-state index contributed by atoms with van der Waals surface area (Å²) in [6.45, 7) is 1.16. The van der Waals surface area contributed by atoms with Crippen molar-refractivity contribution >= 4 is 0 Å². The van der Waals surface area contributed by atoms with Crippen molar-refractivity contribution in [1.29, 1.82) is 0 Å². The largest absolute Gasteiger partial charge is 0.290 e. The molecule has 1 fully saturated rings. The molecule has 2 aromatic rings. The smallest absolute Gasteiger partial charge is 0.253 e. The third-order valence-corrected chi connectivity index (χ3v) is 3.58. The molecule has 3 nitrogen and oxygen atoms in total. The van der Waals surface area contributed by atoms with Crippen LogP contribution in [0.5, 0.6) is 0 Å². The second-order valence-electron chi connectivity index (χ2n) is 4.93. The minimum atomic E-state index is -2.30. The third-order valence-electron chi connectivity index (χ3n) is 3.58. The number of halogens is 3. The fourth-order valence-corrected chi connectivity index (χ4v) is 2.35. The van der Waals surface area contributed by atoms with Crippen LogP contribution in [0.15, 0.2) is 36.7 Å². The van der Waals surface area contributed by atoms with E-state index in [4.69, 9.17) is 0 Å². The molecule has 0 N–H and O–H groups in total. The average Bonchev–Trinajstić information content (AvgIpc) is 2.83. The van der Waals surface area contributed by atoms with Crippen LogP contribution in [0.25, 0.3) is 5.69 Å². The molecule has 0 amide bonds. The molecule has 1 aromatic heterocycles. The molecule has 1 aliphatic rings. The Labute approximate surface area is 114 Å². The normalized spacial score (nSPS) is 19.3. The molecule has 3 rings (SSSR count). The topological polar surface area (TPSA) is 21.1 Å². The van der Waals surface area contributed by atoms with Crippen molar-refractivity contribution in [2.45, 2.75) is 25.4 Å². The van der Waals surface area contributed by atoms with Crippen LogP contribution in [-0.2, 0) is 6.54 Å². The Morgan fingerprint density at radius 3 is 2.60 bits per heavy atom. The summed E-state index contributed by atoms with van der Waals surface area (Å²) in [5.41, 5.74) is 1.62. The molecule has 1 atom stereocenters. The number of aromatic nitrogens is 2. The van der Waals surface area contributed by atoms with Gasteiger partial charge in [-0.3, -0.25) is 4.90 Å². The van der Waals surface area contributed by atoms with E-state index in [1.165, 1.54) is 12.1 Å². The van der Waals surface area contributed by atoms with E-state index in [1.54, 1.807) is 34.1 Å². The van der Waals surface area contributed by atoms with Crippen molar-refractivity contribution in [2.24, 2.45) is 0 Å². The van der Waals surface area contributed by atoms with Gasteiger partial charge < -0.3 is 0 Å². The van der Waals surface area contributed by atoms with E-state index < -0.39 is 12.5 Å². The molecule has 6 heteroatoms. The predicted molar refractivity (Wildman–Crippen MR) is 68.3 cm³/mol. The fourth-order valence-electron chi connectivity index (χ4n) is 2.35. The predicted octanol–water partition coefficient (Wildman–Crippen LogP) is 2.85. The molecule has 0 unspecified atom stereocenters. The first kappa shape index (κ1) is 13.2. The highest BCUT2D eigenvalue weighted by molar-refractivity contribution is 5.31. The summed E-state index contributed by atoms with van der Waals surface area (Å²) in [7, 11) is 0. The van der Waals surface area contributed by atoms with E-state index in [-0.39, 0.29) is 5.82 Å². The molecule has 1 aromatic carbocycles. The zero-order valence-corrected chi connectivity index (χ0v) is 10.7. The second kappa shape index (κ2) is 5.28. The molecule has 0 radical (unpaired) electrons. The quantitative estimate of drug-likeness (QED) is 0.859. The molecule has 2 heterocycles. The van der Waals surface area contributed by atoms with Crippen molar-refractivity contribution in [3.05, 3.63) is 48.0 Å². The number of nitrogens with zero attached hydrogens (tertiary/aromatic N) is 3. The van der Waals surface area contributed by atoms with E-state index in [0.29, 0.717) is 19.5 Å². The maximum absolute atomic E-state index is 12.8. The van der Waals surface area contributed by atoms with Crippen LogP contribution in [0.1, 0.15) is 12.0 Å². The number of alkyl halides is 2. The highest BCUT2D eigenvalue weighted by Gasteiger charge is 2.35. The molecular formula is C14H14F3N3. The lowest BCUT2D eigenvalue weighted by molar-refractivity contribution is -0.0388. The number of likely N-dealkylation sites (tertiary alicyclic amines) is 1. The second-order valence-corrected chi connectivity index (χ2v) is 4.93. The standard InChI is InChI=1S/C14H14F3N3/c15-11-1-3-12(4-2-11)20-9-10(7-18-20)8-19-6-5-13(19)14(16)17/h1-4,7,9,13-14H,5-6,8H2/t13-/m1/s1. The van der Waals surface area contributed by atoms with Gasteiger partial charge in [0.05, 0.1) is 17.9 Å². The third kappa shape index (κ3) is 2.56. The molecule has 0 saturated carbocycles. The summed E-state index contributed by atoms with van der Waals surface area (Å²) in [6, 6.07) is 5.33. The molecule has 0 spiro atoms. The van der Waals surface area contributed by atoms with Crippen molar-refractivity contribution in [3.63, 3.8) is 0 Å². The molecular weight excluding hydrogens is 267 g/mol. The first-order valence-electron chi connectivity index (χ1n) is 6.45. The number of hydrogen-bond donors (Lipinski definition) is 0. The van der Waals surface area contributed by atoms with Crippen LogP contribution in [0.3, 0.4) is 0 Å². The highest BCUT2D eigenvalue weighted by atomic mass is 19.3. The Bertz CT molecular complexity index is 580. The Balaban J connectivity index is 1.69. The van der Waals surface area contributed by atoms with Gasteiger partial charge >= 0.3 is 0 Å². The molecule has 1 saturated heterocycles. The molecule has 106 valence electrons. The first-order valence-corrected chi connectivity index (χ1v) is 6.45. The summed E-state index contributed by atoms with van der Waals surface area (Å²) in [5, 5.41) is 4.18. The Hall–Kier alpha value is -1.82. The van der Waals surface area contributed by atoms with Gasteiger partial charge in [0.2, 0.25) is 0 Å². The van der Waals surface area contributed by atoms with Crippen LogP contribution >= 0.6 is 0 Å². The monoisotopic (exact) mass is 281 g/mol. The molecule has 0 bridgehead atoms. The molecule has 20 heavy (non-hydrogen) atoms. The number of hydrogen-bond acceptors (Lipinski definition) is 2. The van der Waals surface area contributed by atoms with E-state index >= 15 is 0 Å². The SMILES string of the molecule is Fc1ccc(-n2cc(CN3CC[C@@H]3C(F)F)cn2)cc1. The van der Waals surface area contributed by atoms with E-state index in [9.17, 15) is 13.2 Å². The van der Waals surface area contributed by atoms with Crippen molar-refractivity contribution in [1.82, 2.24) is 14.7 Å². The maximum atomic E-state index is 12.8. The van der Waals surface area contributed by atoms with Crippen LogP contribution in [0, 0.1) is 5.82 Å². The maximum Gasteiger partial charge on any atom is 0.253 e. The van der Waals surface area contributed by atoms with Gasteiger partial charge in [-0.15, -0.1) is 0 Å². The van der Waals surface area contributed by atoms with E-state index in [1.807, 2.05) is 0 Å². The Morgan fingerprint density at radius 2 is 2.00 bits per heavy atom. The summed E-state index contributed by atoms with van der Waals surface area (Å²) in [5.74, 6) is -0.304. The van der Waals surface area contributed by atoms with E-state index in [0.717, 1.165) is 11.3 Å². The van der Waals surface area contributed by atoms with Crippen molar-refractivity contribution in [2.75, 3.05) is 6.54 Å². The van der Waals surface area contributed by atoms with Crippen LogP contribution in [0.2, 0.25) is 0 Å². The van der Waals surface area contributed by atoms with Crippen LogP contribution in [0.4, 0.5) is 13.2 Å². The minimum absolute atomic E-state index is 0.304. The molecule has 1 aliphatic heterocycles. The van der Waals surface area contributed by atoms with Gasteiger partial charge in [0.25, 0.3) is 6.43 Å². The van der Waals surface area contributed by atoms with E-state index in [2.05, 4.69) is 5.10 Å². The van der Waals surface area contributed by atoms with Gasteiger partial charge in [-0.25, -0.2) is 17.9 Å². The zero-order chi connectivity index (χ0) is 14.1. The lowest BCUT2D eigenvalue weighted by Gasteiger charge is -2.40. The number of benzene rings is 1. The van der Waals surface area contributed by atoms with Gasteiger partial charge in [-0.2, -0.15) is 5.10 Å². The van der Waals surface area contributed by atoms with Gasteiger partial charge in [0.15, 0.2) is 0 Å². The Kier molecular flexibility index (Phi) is 3.48. The number of rotatable bonds is 4. The van der Waals surface area contributed by atoms with Crippen LogP contribution < -0.4 is 0 Å². The Morgan fingerprint density at radius 1 is 1.25 bits per heavy atom. The van der Waals surface area contributed by atoms with Gasteiger partial charge in [0.1, 0.15) is 5.82 Å². The minimum Gasteiger partial charge on any atom is -0.290 e. The van der Waals surface area contributed by atoms with Crippen LogP contribution in [-0.4, -0.2) is 33.7 Å². The fraction of sp³-hybridized carbons (Fsp3) is 0.357. The van der Waals surface area contributed by atoms with Gasteiger partial charge in [-0.1, -0.05) is 0 Å².